The minimum absolute atomic E-state index is 0.145. The van der Waals surface area contributed by atoms with Gasteiger partial charge in [0, 0.05) is 6.04 Å². The third kappa shape index (κ3) is 2.62. The van der Waals surface area contributed by atoms with Gasteiger partial charge in [0.2, 0.25) is 0 Å². The molecule has 0 aliphatic carbocycles. The average Bonchev–Trinajstić information content (AvgIpc) is 2.04. The smallest absolute Gasteiger partial charge is 0.123 e. The summed E-state index contributed by atoms with van der Waals surface area (Å²) in [5, 5.41) is 0. The van der Waals surface area contributed by atoms with Crippen LogP contribution in [0.5, 0.6) is 0 Å². The molecule has 0 amide bonds. The van der Waals surface area contributed by atoms with Crippen molar-refractivity contribution in [2.45, 2.75) is 25.8 Å². The van der Waals surface area contributed by atoms with Gasteiger partial charge in [0.15, 0.2) is 0 Å². The maximum atomic E-state index is 12.7. The maximum absolute atomic E-state index is 12.7. The van der Waals surface area contributed by atoms with Crippen LogP contribution in [-0.4, -0.2) is 6.04 Å². The normalized spacial score (nSPS) is 12.9. The summed E-state index contributed by atoms with van der Waals surface area (Å²) >= 11 is 0. The molecule has 0 unspecified atom stereocenters. The number of hydrogen-bond donors (Lipinski definition) is 1. The van der Waals surface area contributed by atoms with E-state index in [0.717, 1.165) is 18.4 Å². The Balaban J connectivity index is 2.63. The molecule has 0 aliphatic heterocycles. The number of benzene rings is 1. The first-order valence-electron chi connectivity index (χ1n) is 4.22. The number of nitrogens with two attached hydrogens (primary N) is 1. The van der Waals surface area contributed by atoms with Gasteiger partial charge in [0.25, 0.3) is 0 Å². The van der Waals surface area contributed by atoms with Crippen molar-refractivity contribution in [3.63, 3.8) is 0 Å². The lowest BCUT2D eigenvalue weighted by atomic mass is 10.1. The molecule has 0 saturated heterocycles. The van der Waals surface area contributed by atoms with Crippen LogP contribution < -0.4 is 5.73 Å². The molecule has 1 atom stereocenters. The Labute approximate surface area is 72.4 Å². The van der Waals surface area contributed by atoms with Crippen molar-refractivity contribution in [3.8, 4) is 0 Å². The Bertz CT molecular complexity index is 247. The van der Waals surface area contributed by atoms with Crippen molar-refractivity contribution >= 4 is 0 Å². The second kappa shape index (κ2) is 4.21. The van der Waals surface area contributed by atoms with Gasteiger partial charge in [-0.3, -0.25) is 0 Å². The molecular formula is C10H14FN. The molecule has 0 heterocycles. The molecule has 0 aliphatic rings. The Morgan fingerprint density at radius 3 is 2.83 bits per heavy atom. The molecule has 0 bridgehead atoms. The fraction of sp³-hybridized carbons (Fsp3) is 0.400. The Morgan fingerprint density at radius 1 is 1.50 bits per heavy atom. The van der Waals surface area contributed by atoms with Gasteiger partial charge >= 0.3 is 0 Å². The number of rotatable bonds is 3. The van der Waals surface area contributed by atoms with E-state index in [1.807, 2.05) is 13.0 Å². The van der Waals surface area contributed by atoms with Gasteiger partial charge in [-0.2, -0.15) is 0 Å². The predicted octanol–water partition coefficient (Wildman–Crippen LogP) is 2.11. The van der Waals surface area contributed by atoms with Gasteiger partial charge < -0.3 is 5.73 Å². The molecule has 2 N–H and O–H groups in total. The van der Waals surface area contributed by atoms with E-state index in [9.17, 15) is 4.39 Å². The summed E-state index contributed by atoms with van der Waals surface area (Å²) in [5.74, 6) is -0.184. The highest BCUT2D eigenvalue weighted by molar-refractivity contribution is 5.17. The van der Waals surface area contributed by atoms with Gasteiger partial charge in [0.1, 0.15) is 5.82 Å². The first-order valence-corrected chi connectivity index (χ1v) is 4.22. The van der Waals surface area contributed by atoms with Gasteiger partial charge in [0.05, 0.1) is 0 Å². The van der Waals surface area contributed by atoms with Crippen molar-refractivity contribution < 1.29 is 4.39 Å². The van der Waals surface area contributed by atoms with Crippen LogP contribution in [0.4, 0.5) is 4.39 Å². The van der Waals surface area contributed by atoms with E-state index >= 15 is 0 Å². The third-order valence-corrected chi connectivity index (χ3v) is 1.91. The van der Waals surface area contributed by atoms with Crippen LogP contribution in [-0.2, 0) is 6.42 Å². The van der Waals surface area contributed by atoms with Crippen molar-refractivity contribution in [1.82, 2.24) is 0 Å². The van der Waals surface area contributed by atoms with E-state index in [4.69, 9.17) is 5.73 Å². The van der Waals surface area contributed by atoms with Crippen molar-refractivity contribution in [1.29, 1.82) is 0 Å². The van der Waals surface area contributed by atoms with Gasteiger partial charge in [-0.1, -0.05) is 19.1 Å². The van der Waals surface area contributed by atoms with Gasteiger partial charge in [-0.25, -0.2) is 4.39 Å². The second-order valence-corrected chi connectivity index (χ2v) is 3.00. The van der Waals surface area contributed by atoms with Crippen LogP contribution >= 0.6 is 0 Å². The zero-order valence-corrected chi connectivity index (χ0v) is 7.26. The molecule has 1 aromatic rings. The summed E-state index contributed by atoms with van der Waals surface area (Å²) in [7, 11) is 0. The van der Waals surface area contributed by atoms with Crippen molar-refractivity contribution in [2.75, 3.05) is 0 Å². The fourth-order valence-corrected chi connectivity index (χ4v) is 1.11. The quantitative estimate of drug-likeness (QED) is 0.733. The molecule has 1 aromatic carbocycles. The second-order valence-electron chi connectivity index (χ2n) is 3.00. The van der Waals surface area contributed by atoms with Crippen LogP contribution in [0.25, 0.3) is 0 Å². The van der Waals surface area contributed by atoms with Crippen molar-refractivity contribution in [3.05, 3.63) is 35.6 Å². The van der Waals surface area contributed by atoms with E-state index < -0.39 is 0 Å². The maximum Gasteiger partial charge on any atom is 0.123 e. The zero-order valence-electron chi connectivity index (χ0n) is 7.26. The summed E-state index contributed by atoms with van der Waals surface area (Å²) in [6.45, 7) is 2.03. The fourth-order valence-electron chi connectivity index (χ4n) is 1.11. The molecule has 0 radical (unpaired) electrons. The Hall–Kier alpha value is -0.890. The molecule has 2 heteroatoms. The van der Waals surface area contributed by atoms with Crippen LogP contribution in [0.15, 0.2) is 24.3 Å². The minimum Gasteiger partial charge on any atom is -0.327 e. The van der Waals surface area contributed by atoms with Crippen LogP contribution in [0, 0.1) is 5.82 Å². The van der Waals surface area contributed by atoms with Crippen LogP contribution in [0.3, 0.4) is 0 Å². The largest absolute Gasteiger partial charge is 0.327 e. The van der Waals surface area contributed by atoms with Crippen molar-refractivity contribution in [2.24, 2.45) is 5.73 Å². The summed E-state index contributed by atoms with van der Waals surface area (Å²) in [4.78, 5) is 0. The molecule has 66 valence electrons. The van der Waals surface area contributed by atoms with Crippen LogP contribution in [0.1, 0.15) is 18.9 Å². The lowest BCUT2D eigenvalue weighted by Crippen LogP contribution is -2.21. The molecule has 12 heavy (non-hydrogen) atoms. The number of hydrogen-bond acceptors (Lipinski definition) is 1. The van der Waals surface area contributed by atoms with Gasteiger partial charge in [-0.15, -0.1) is 0 Å². The monoisotopic (exact) mass is 167 g/mol. The SMILES string of the molecule is CC[C@H](N)Cc1cccc(F)c1. The van der Waals surface area contributed by atoms with E-state index in [2.05, 4.69) is 0 Å². The molecule has 0 aromatic heterocycles. The number of halogens is 1. The molecule has 0 spiro atoms. The molecular weight excluding hydrogens is 153 g/mol. The summed E-state index contributed by atoms with van der Waals surface area (Å²) in [6, 6.07) is 6.74. The summed E-state index contributed by atoms with van der Waals surface area (Å²) in [6.07, 6.45) is 1.69. The Morgan fingerprint density at radius 2 is 2.25 bits per heavy atom. The highest BCUT2D eigenvalue weighted by Crippen LogP contribution is 2.06. The lowest BCUT2D eigenvalue weighted by molar-refractivity contribution is 0.614. The Kier molecular flexibility index (Phi) is 3.23. The lowest BCUT2D eigenvalue weighted by Gasteiger charge is -2.07. The first kappa shape index (κ1) is 9.20. The molecule has 0 fully saturated rings. The van der Waals surface area contributed by atoms with Gasteiger partial charge in [-0.05, 0) is 30.5 Å². The molecule has 1 rings (SSSR count). The highest BCUT2D eigenvalue weighted by atomic mass is 19.1. The summed E-state index contributed by atoms with van der Waals surface area (Å²) in [5.41, 5.74) is 6.71. The van der Waals surface area contributed by atoms with E-state index in [0.29, 0.717) is 0 Å². The summed E-state index contributed by atoms with van der Waals surface area (Å²) < 4.78 is 12.7. The first-order chi connectivity index (χ1) is 5.72. The predicted molar refractivity (Wildman–Crippen MR) is 48.4 cm³/mol. The van der Waals surface area contributed by atoms with Crippen LogP contribution in [0.2, 0.25) is 0 Å². The van der Waals surface area contributed by atoms with E-state index in [1.54, 1.807) is 6.07 Å². The standard InChI is InChI=1S/C10H14FN/c1-2-10(12)7-8-4-3-5-9(11)6-8/h3-6,10H,2,7,12H2,1H3/t10-/m0/s1. The molecule has 1 nitrogen and oxygen atoms in total. The zero-order chi connectivity index (χ0) is 8.97. The third-order valence-electron chi connectivity index (χ3n) is 1.91. The topological polar surface area (TPSA) is 26.0 Å². The average molecular weight is 167 g/mol. The highest BCUT2D eigenvalue weighted by Gasteiger charge is 2.01. The minimum atomic E-state index is -0.184. The molecule has 0 saturated carbocycles. The van der Waals surface area contributed by atoms with E-state index in [1.165, 1.54) is 12.1 Å². The van der Waals surface area contributed by atoms with E-state index in [-0.39, 0.29) is 11.9 Å².